The highest BCUT2D eigenvalue weighted by Crippen LogP contribution is 2.38. The van der Waals surface area contributed by atoms with E-state index in [1.807, 2.05) is 0 Å². The van der Waals surface area contributed by atoms with Crippen LogP contribution in [0.5, 0.6) is 5.75 Å². The van der Waals surface area contributed by atoms with Crippen LogP contribution < -0.4 is 14.3 Å². The molecule has 0 saturated carbocycles. The van der Waals surface area contributed by atoms with Gasteiger partial charge in [-0.3, -0.25) is 13.8 Å². The molecule has 0 radical (unpaired) electrons. The molecule has 25 heavy (non-hydrogen) atoms. The Bertz CT molecular complexity index is 711. The van der Waals surface area contributed by atoms with Crippen molar-refractivity contribution in [3.05, 3.63) is 23.0 Å². The number of aromatic hydroxyl groups is 1. The minimum absolute atomic E-state index is 0.154. The van der Waals surface area contributed by atoms with Crippen LogP contribution in [-0.2, 0) is 28.9 Å². The molecule has 0 aromatic heterocycles. The third kappa shape index (κ3) is 3.79. The van der Waals surface area contributed by atoms with Crippen LogP contribution in [0, 0.1) is 11.7 Å². The van der Waals surface area contributed by atoms with E-state index in [-0.39, 0.29) is 24.0 Å². The standard InChI is InChI=1S/C17H24FN3O3S/c1-10(2)4-3-5-12-7-13-11(8-19-12)6-14(22)17(16(13)18)21-9-15(23)20-25(21)24/h6,10,12,19,22H,3-5,7-9H2,1-2H3,(H,20,23). The minimum Gasteiger partial charge on any atom is -0.506 e. The number of nitrogens with one attached hydrogen (secondary N) is 2. The van der Waals surface area contributed by atoms with Crippen LogP contribution in [0.15, 0.2) is 6.07 Å². The number of rotatable bonds is 5. The molecule has 0 spiro atoms. The van der Waals surface area contributed by atoms with Gasteiger partial charge >= 0.3 is 0 Å². The summed E-state index contributed by atoms with van der Waals surface area (Å²) in [5.41, 5.74) is 1.10. The highest BCUT2D eigenvalue weighted by molar-refractivity contribution is 7.85. The van der Waals surface area contributed by atoms with Crippen molar-refractivity contribution in [2.45, 2.75) is 52.1 Å². The van der Waals surface area contributed by atoms with Crippen molar-refractivity contribution in [1.29, 1.82) is 0 Å². The predicted octanol–water partition coefficient (Wildman–Crippen LogP) is 1.89. The quantitative estimate of drug-likeness (QED) is 0.740. The lowest BCUT2D eigenvalue weighted by Gasteiger charge is -2.29. The molecule has 1 fully saturated rings. The third-order valence-electron chi connectivity index (χ3n) is 4.72. The van der Waals surface area contributed by atoms with Gasteiger partial charge in [0, 0.05) is 12.6 Å². The molecule has 2 heterocycles. The third-order valence-corrected chi connectivity index (χ3v) is 5.83. The summed E-state index contributed by atoms with van der Waals surface area (Å²) in [6.45, 7) is 4.63. The number of carbonyl (C=O) groups excluding carboxylic acids is 1. The van der Waals surface area contributed by atoms with E-state index in [1.54, 1.807) is 0 Å². The lowest BCUT2D eigenvalue weighted by molar-refractivity contribution is -0.117. The van der Waals surface area contributed by atoms with Crippen LogP contribution >= 0.6 is 0 Å². The Labute approximate surface area is 149 Å². The highest BCUT2D eigenvalue weighted by Gasteiger charge is 2.34. The summed E-state index contributed by atoms with van der Waals surface area (Å²) in [7, 11) is 0. The number of carbonyl (C=O) groups is 1. The summed E-state index contributed by atoms with van der Waals surface area (Å²) in [5, 5.41) is 13.6. The zero-order valence-corrected chi connectivity index (χ0v) is 15.3. The van der Waals surface area contributed by atoms with Gasteiger partial charge in [-0.05, 0) is 36.0 Å². The molecule has 2 aliphatic heterocycles. The number of nitrogens with zero attached hydrogens (tertiary/aromatic N) is 1. The average molecular weight is 369 g/mol. The number of anilines is 1. The molecule has 1 aromatic rings. The molecule has 2 aliphatic rings. The molecule has 1 saturated heterocycles. The maximum Gasteiger partial charge on any atom is 0.253 e. The molecule has 8 heteroatoms. The van der Waals surface area contributed by atoms with E-state index < -0.39 is 22.9 Å². The Morgan fingerprint density at radius 1 is 1.48 bits per heavy atom. The van der Waals surface area contributed by atoms with Crippen LogP contribution in [0.4, 0.5) is 10.1 Å². The van der Waals surface area contributed by atoms with Crippen LogP contribution in [0.3, 0.4) is 0 Å². The first-order valence-corrected chi connectivity index (χ1v) is 9.73. The lowest BCUT2D eigenvalue weighted by atomic mass is 9.91. The molecule has 3 rings (SSSR count). The molecule has 3 N–H and O–H groups in total. The van der Waals surface area contributed by atoms with Crippen LogP contribution in [0.1, 0.15) is 44.2 Å². The van der Waals surface area contributed by atoms with Crippen molar-refractivity contribution >= 4 is 22.8 Å². The fraction of sp³-hybridized carbons (Fsp3) is 0.588. The normalized spacial score (nSPS) is 23.0. The fourth-order valence-electron chi connectivity index (χ4n) is 3.42. The number of phenols is 1. The summed E-state index contributed by atoms with van der Waals surface area (Å²) in [6, 6.07) is 1.69. The first-order valence-electron chi connectivity index (χ1n) is 8.62. The Morgan fingerprint density at radius 2 is 2.24 bits per heavy atom. The Balaban J connectivity index is 1.83. The van der Waals surface area contributed by atoms with E-state index in [2.05, 4.69) is 23.9 Å². The molecule has 138 valence electrons. The summed E-state index contributed by atoms with van der Waals surface area (Å²) < 4.78 is 30.3. The van der Waals surface area contributed by atoms with Crippen molar-refractivity contribution < 1.29 is 18.5 Å². The van der Waals surface area contributed by atoms with E-state index in [0.29, 0.717) is 30.0 Å². The van der Waals surface area contributed by atoms with E-state index in [1.165, 1.54) is 6.07 Å². The summed E-state index contributed by atoms with van der Waals surface area (Å²) in [5.74, 6) is -0.675. The van der Waals surface area contributed by atoms with Crippen molar-refractivity contribution in [1.82, 2.24) is 10.0 Å². The minimum atomic E-state index is -1.86. The highest BCUT2D eigenvalue weighted by atomic mass is 32.2. The van der Waals surface area contributed by atoms with Crippen LogP contribution in [0.25, 0.3) is 0 Å². The first kappa shape index (κ1) is 18.1. The summed E-state index contributed by atoms with van der Waals surface area (Å²) in [4.78, 5) is 11.4. The van der Waals surface area contributed by atoms with Gasteiger partial charge in [-0.2, -0.15) is 0 Å². The summed E-state index contributed by atoms with van der Waals surface area (Å²) in [6.07, 6.45) is 3.69. The molecule has 0 aliphatic carbocycles. The molecular formula is C17H24FN3O3S. The monoisotopic (exact) mass is 369 g/mol. The second-order valence-electron chi connectivity index (χ2n) is 7.11. The van der Waals surface area contributed by atoms with E-state index >= 15 is 4.39 Å². The number of halogens is 1. The largest absolute Gasteiger partial charge is 0.506 e. The SMILES string of the molecule is CC(C)CCCC1Cc2c(cc(O)c(N3CC(=O)NS3=O)c2F)CN1. The molecule has 1 amide bonds. The maximum atomic E-state index is 15.1. The molecule has 2 atom stereocenters. The van der Waals surface area contributed by atoms with Crippen LogP contribution in [-0.4, -0.2) is 27.8 Å². The summed E-state index contributed by atoms with van der Waals surface area (Å²) >= 11 is -1.86. The van der Waals surface area contributed by atoms with Crippen LogP contribution in [0.2, 0.25) is 0 Å². The van der Waals surface area contributed by atoms with E-state index in [9.17, 15) is 14.1 Å². The van der Waals surface area contributed by atoms with Crippen molar-refractivity contribution in [2.24, 2.45) is 5.92 Å². The van der Waals surface area contributed by atoms with Gasteiger partial charge in [-0.15, -0.1) is 0 Å². The zero-order valence-electron chi connectivity index (χ0n) is 14.5. The van der Waals surface area contributed by atoms with Gasteiger partial charge in [0.2, 0.25) is 11.2 Å². The molecule has 6 nitrogen and oxygen atoms in total. The molecule has 0 bridgehead atoms. The predicted molar refractivity (Wildman–Crippen MR) is 94.7 cm³/mol. The Kier molecular flexibility index (Phi) is 5.29. The molecular weight excluding hydrogens is 345 g/mol. The van der Waals surface area contributed by atoms with Crippen molar-refractivity contribution in [2.75, 3.05) is 10.8 Å². The number of hydrogen-bond donors (Lipinski definition) is 3. The van der Waals surface area contributed by atoms with Gasteiger partial charge in [0.05, 0.1) is 0 Å². The molecule has 1 aromatic carbocycles. The topological polar surface area (TPSA) is 81.7 Å². The lowest BCUT2D eigenvalue weighted by Crippen LogP contribution is -2.36. The van der Waals surface area contributed by atoms with Gasteiger partial charge in [0.25, 0.3) is 5.91 Å². The smallest absolute Gasteiger partial charge is 0.253 e. The second-order valence-corrected chi connectivity index (χ2v) is 8.26. The molecule has 2 unspecified atom stereocenters. The van der Waals surface area contributed by atoms with Gasteiger partial charge < -0.3 is 10.4 Å². The van der Waals surface area contributed by atoms with Gasteiger partial charge in [0.15, 0.2) is 5.82 Å². The van der Waals surface area contributed by atoms with E-state index in [4.69, 9.17) is 0 Å². The maximum absolute atomic E-state index is 15.1. The number of amides is 1. The van der Waals surface area contributed by atoms with Gasteiger partial charge in [-0.25, -0.2) is 8.60 Å². The van der Waals surface area contributed by atoms with Crippen molar-refractivity contribution in [3.8, 4) is 5.75 Å². The van der Waals surface area contributed by atoms with Crippen molar-refractivity contribution in [3.63, 3.8) is 0 Å². The number of benzene rings is 1. The zero-order chi connectivity index (χ0) is 18.1. The number of phenolic OH excluding ortho intramolecular Hbond substituents is 1. The first-order chi connectivity index (χ1) is 11.9. The van der Waals surface area contributed by atoms with Gasteiger partial charge in [0.1, 0.15) is 18.0 Å². The van der Waals surface area contributed by atoms with Gasteiger partial charge in [-0.1, -0.05) is 26.7 Å². The second kappa shape index (κ2) is 7.29. The number of fused-ring (bicyclic) bond motifs is 1. The van der Waals surface area contributed by atoms with E-state index in [0.717, 1.165) is 23.6 Å². The fourth-order valence-corrected chi connectivity index (χ4v) is 4.36. The Hall–Kier alpha value is -1.67. The average Bonchev–Trinajstić information content (AvgIpc) is 2.86. The Morgan fingerprint density at radius 3 is 2.88 bits per heavy atom. The number of hydrogen-bond acceptors (Lipinski definition) is 4.